The number of aliphatic hydroxyl groups is 1. The molecule has 26 heavy (non-hydrogen) atoms. The minimum absolute atomic E-state index is 0.195. The Morgan fingerprint density at radius 3 is 2.62 bits per heavy atom. The molecule has 0 bridgehead atoms. The number of aromatic nitrogens is 2. The Kier molecular flexibility index (Phi) is 5.07. The molecular weight excluding hydrogens is 328 g/mol. The predicted octanol–water partition coefficient (Wildman–Crippen LogP) is 2.40. The third-order valence-electron chi connectivity index (χ3n) is 5.99. The summed E-state index contributed by atoms with van der Waals surface area (Å²) in [6.45, 7) is 7.00. The van der Waals surface area contributed by atoms with E-state index in [0.717, 1.165) is 45.0 Å². The van der Waals surface area contributed by atoms with Crippen LogP contribution in [0.4, 0.5) is 0 Å². The smallest absolute Gasteiger partial charge is 0.233 e. The van der Waals surface area contributed by atoms with Gasteiger partial charge in [-0.3, -0.25) is 4.90 Å². The summed E-state index contributed by atoms with van der Waals surface area (Å²) in [5, 5.41) is 17.6. The van der Waals surface area contributed by atoms with E-state index in [1.54, 1.807) is 0 Å². The lowest BCUT2D eigenvalue weighted by Gasteiger charge is -2.39. The molecule has 2 aliphatic rings. The summed E-state index contributed by atoms with van der Waals surface area (Å²) in [6.07, 6.45) is 3.41. The van der Waals surface area contributed by atoms with Crippen LogP contribution in [0.1, 0.15) is 42.6 Å². The van der Waals surface area contributed by atoms with Gasteiger partial charge in [0, 0.05) is 26.6 Å². The molecule has 0 aliphatic carbocycles. The van der Waals surface area contributed by atoms with Gasteiger partial charge in [-0.05, 0) is 43.3 Å². The third-order valence-corrected chi connectivity index (χ3v) is 5.99. The second-order valence-electron chi connectivity index (χ2n) is 7.84. The number of benzene rings is 1. The standard InChI is InChI=1S/C20H28N4O2/c1-16-21-22-19(26-16)18-13-20(7-9-23(10-8-20)11-12-25)15-24(18)14-17-5-3-2-4-6-17/h2-6,18,25H,7-15H2,1H3. The number of aliphatic hydroxyl groups excluding tert-OH is 1. The van der Waals surface area contributed by atoms with E-state index in [1.165, 1.54) is 18.4 Å². The summed E-state index contributed by atoms with van der Waals surface area (Å²) in [6, 6.07) is 10.8. The molecule has 0 amide bonds. The van der Waals surface area contributed by atoms with Gasteiger partial charge in [0.25, 0.3) is 0 Å². The SMILES string of the molecule is Cc1nnc(C2CC3(CCN(CCO)CC3)CN2Cc2ccccc2)o1. The zero-order valence-corrected chi connectivity index (χ0v) is 15.5. The largest absolute Gasteiger partial charge is 0.424 e. The molecule has 1 aromatic carbocycles. The van der Waals surface area contributed by atoms with Crippen molar-refractivity contribution in [2.45, 2.75) is 38.8 Å². The van der Waals surface area contributed by atoms with Crippen LogP contribution in [-0.2, 0) is 6.54 Å². The average Bonchev–Trinajstić information content (AvgIpc) is 3.22. The van der Waals surface area contributed by atoms with Crippen molar-refractivity contribution in [3.63, 3.8) is 0 Å². The van der Waals surface area contributed by atoms with E-state index in [0.29, 0.717) is 11.3 Å². The molecule has 1 unspecified atom stereocenters. The van der Waals surface area contributed by atoms with E-state index in [-0.39, 0.29) is 12.6 Å². The van der Waals surface area contributed by atoms with Gasteiger partial charge >= 0.3 is 0 Å². The Labute approximate surface area is 154 Å². The molecule has 2 aliphatic heterocycles. The lowest BCUT2D eigenvalue weighted by Crippen LogP contribution is -2.42. The summed E-state index contributed by atoms with van der Waals surface area (Å²) >= 11 is 0. The van der Waals surface area contributed by atoms with Gasteiger partial charge < -0.3 is 14.4 Å². The summed E-state index contributed by atoms with van der Waals surface area (Å²) in [5.41, 5.74) is 1.64. The maximum atomic E-state index is 9.20. The van der Waals surface area contributed by atoms with Crippen molar-refractivity contribution in [2.75, 3.05) is 32.8 Å². The van der Waals surface area contributed by atoms with Gasteiger partial charge in [-0.2, -0.15) is 0 Å². The summed E-state index contributed by atoms with van der Waals surface area (Å²) in [4.78, 5) is 4.89. The first kappa shape index (κ1) is 17.6. The number of rotatable bonds is 5. The first-order valence-corrected chi connectivity index (χ1v) is 9.59. The van der Waals surface area contributed by atoms with Crippen molar-refractivity contribution in [2.24, 2.45) is 5.41 Å². The van der Waals surface area contributed by atoms with E-state index >= 15 is 0 Å². The Morgan fingerprint density at radius 1 is 1.19 bits per heavy atom. The summed E-state index contributed by atoms with van der Waals surface area (Å²) in [7, 11) is 0. The topological polar surface area (TPSA) is 65.6 Å². The van der Waals surface area contributed by atoms with Crippen LogP contribution in [0.3, 0.4) is 0 Å². The number of piperidine rings is 1. The van der Waals surface area contributed by atoms with E-state index in [4.69, 9.17) is 4.42 Å². The molecule has 4 rings (SSSR count). The Balaban J connectivity index is 1.53. The van der Waals surface area contributed by atoms with E-state index < -0.39 is 0 Å². The maximum Gasteiger partial charge on any atom is 0.233 e. The quantitative estimate of drug-likeness (QED) is 0.887. The second-order valence-corrected chi connectivity index (χ2v) is 7.84. The number of hydrogen-bond donors (Lipinski definition) is 1. The summed E-state index contributed by atoms with van der Waals surface area (Å²) < 4.78 is 5.82. The average molecular weight is 356 g/mol. The highest BCUT2D eigenvalue weighted by Gasteiger charge is 2.47. The first-order chi connectivity index (χ1) is 12.7. The fraction of sp³-hybridized carbons (Fsp3) is 0.600. The molecule has 2 fully saturated rings. The monoisotopic (exact) mass is 356 g/mol. The molecule has 6 nitrogen and oxygen atoms in total. The Hall–Kier alpha value is -1.76. The minimum Gasteiger partial charge on any atom is -0.424 e. The lowest BCUT2D eigenvalue weighted by atomic mass is 9.76. The van der Waals surface area contributed by atoms with Crippen molar-refractivity contribution in [3.8, 4) is 0 Å². The van der Waals surface area contributed by atoms with Gasteiger partial charge in [0.05, 0.1) is 12.6 Å². The van der Waals surface area contributed by atoms with E-state index in [1.807, 2.05) is 6.92 Å². The van der Waals surface area contributed by atoms with Gasteiger partial charge in [0.15, 0.2) is 0 Å². The van der Waals surface area contributed by atoms with Gasteiger partial charge in [-0.15, -0.1) is 10.2 Å². The highest BCUT2D eigenvalue weighted by atomic mass is 16.4. The normalized spacial score (nSPS) is 23.7. The summed E-state index contributed by atoms with van der Waals surface area (Å²) in [5.74, 6) is 1.39. The first-order valence-electron chi connectivity index (χ1n) is 9.59. The fourth-order valence-electron chi connectivity index (χ4n) is 4.57. The molecule has 1 N–H and O–H groups in total. The van der Waals surface area contributed by atoms with E-state index in [2.05, 4.69) is 50.3 Å². The second kappa shape index (κ2) is 7.47. The van der Waals surface area contributed by atoms with Gasteiger partial charge in [-0.25, -0.2) is 0 Å². The number of aryl methyl sites for hydroxylation is 1. The Morgan fingerprint density at radius 2 is 1.96 bits per heavy atom. The number of β-amino-alcohol motifs (C(OH)–C–C–N with tert-alkyl or cyclic N) is 1. The number of hydrogen-bond acceptors (Lipinski definition) is 6. The molecule has 2 saturated heterocycles. The molecule has 1 atom stereocenters. The molecule has 1 aromatic heterocycles. The van der Waals surface area contributed by atoms with Crippen LogP contribution < -0.4 is 0 Å². The van der Waals surface area contributed by atoms with Gasteiger partial charge in [0.1, 0.15) is 0 Å². The molecule has 0 saturated carbocycles. The van der Waals surface area contributed by atoms with Crippen LogP contribution in [-0.4, -0.2) is 57.9 Å². The third kappa shape index (κ3) is 3.68. The Bertz CT molecular complexity index is 710. The van der Waals surface area contributed by atoms with Crippen LogP contribution in [0.5, 0.6) is 0 Å². The van der Waals surface area contributed by atoms with Crippen LogP contribution in [0, 0.1) is 12.3 Å². The van der Waals surface area contributed by atoms with Crippen molar-refractivity contribution in [1.29, 1.82) is 0 Å². The van der Waals surface area contributed by atoms with Crippen LogP contribution in [0.15, 0.2) is 34.7 Å². The van der Waals surface area contributed by atoms with E-state index in [9.17, 15) is 5.11 Å². The predicted molar refractivity (Wildman–Crippen MR) is 98.4 cm³/mol. The number of likely N-dealkylation sites (tertiary alicyclic amines) is 2. The highest BCUT2D eigenvalue weighted by Crippen LogP contribution is 2.49. The highest BCUT2D eigenvalue weighted by molar-refractivity contribution is 5.16. The van der Waals surface area contributed by atoms with Crippen LogP contribution in [0.2, 0.25) is 0 Å². The molecular formula is C20H28N4O2. The van der Waals surface area contributed by atoms with Crippen LogP contribution >= 0.6 is 0 Å². The minimum atomic E-state index is 0.195. The zero-order chi connectivity index (χ0) is 18.0. The van der Waals surface area contributed by atoms with Crippen LogP contribution in [0.25, 0.3) is 0 Å². The fourth-order valence-corrected chi connectivity index (χ4v) is 4.57. The maximum absolute atomic E-state index is 9.20. The van der Waals surface area contributed by atoms with Gasteiger partial charge in [-0.1, -0.05) is 30.3 Å². The molecule has 1 spiro atoms. The molecule has 3 heterocycles. The molecule has 140 valence electrons. The number of nitrogens with zero attached hydrogens (tertiary/aromatic N) is 4. The van der Waals surface area contributed by atoms with Crippen molar-refractivity contribution in [3.05, 3.63) is 47.7 Å². The molecule has 0 radical (unpaired) electrons. The zero-order valence-electron chi connectivity index (χ0n) is 15.5. The van der Waals surface area contributed by atoms with Crippen molar-refractivity contribution >= 4 is 0 Å². The van der Waals surface area contributed by atoms with Gasteiger partial charge in [0.2, 0.25) is 11.8 Å². The van der Waals surface area contributed by atoms with Crippen molar-refractivity contribution in [1.82, 2.24) is 20.0 Å². The van der Waals surface area contributed by atoms with Crippen molar-refractivity contribution < 1.29 is 9.52 Å². The molecule has 2 aromatic rings. The lowest BCUT2D eigenvalue weighted by molar-refractivity contribution is 0.0917. The molecule has 6 heteroatoms.